The topological polar surface area (TPSA) is 70.3 Å². The number of hydrogen-bond acceptors (Lipinski definition) is 4. The van der Waals surface area contributed by atoms with Crippen LogP contribution in [-0.2, 0) is 24.4 Å². The third-order valence-electron chi connectivity index (χ3n) is 7.74. The summed E-state index contributed by atoms with van der Waals surface area (Å²) in [5.41, 5.74) is 3.00. The molecular weight excluding hydrogens is 582 g/mol. The minimum Gasteiger partial charge on any atom is -0.351 e. The van der Waals surface area contributed by atoms with Gasteiger partial charge in [-0.1, -0.05) is 30.3 Å². The maximum atomic E-state index is 15.4. The lowest BCUT2D eigenvalue weighted by atomic mass is 10.0. The van der Waals surface area contributed by atoms with Gasteiger partial charge < -0.3 is 9.47 Å². The maximum Gasteiger partial charge on any atom is 0.431 e. The number of aromatic nitrogens is 1. The van der Waals surface area contributed by atoms with Crippen LogP contribution in [-0.4, -0.2) is 61.9 Å². The number of carbonyl (C=O) groups excluding carboxylic acids is 1. The highest BCUT2D eigenvalue weighted by Crippen LogP contribution is 2.30. The van der Waals surface area contributed by atoms with Crippen molar-refractivity contribution in [1.29, 1.82) is 0 Å². The van der Waals surface area contributed by atoms with Gasteiger partial charge >= 0.3 is 12.2 Å². The number of rotatable bonds is 5. The second-order valence-corrected chi connectivity index (χ2v) is 12.2. The van der Waals surface area contributed by atoms with Gasteiger partial charge in [0.15, 0.2) is 0 Å². The lowest BCUT2D eigenvalue weighted by Gasteiger charge is -2.33. The number of nitrogens with zero attached hydrogens (tertiary/aromatic N) is 5. The van der Waals surface area contributed by atoms with E-state index in [9.17, 15) is 22.2 Å². The minimum atomic E-state index is -4.60. The molecule has 1 fully saturated rings. The Bertz CT molecular complexity index is 1790. The molecule has 0 spiro atoms. The molecule has 0 aliphatic carbocycles. The van der Waals surface area contributed by atoms with Crippen molar-refractivity contribution >= 4 is 44.8 Å². The Morgan fingerprint density at radius 2 is 1.63 bits per heavy atom. The monoisotopic (exact) mass is 609 g/mol. The van der Waals surface area contributed by atoms with Crippen LogP contribution in [0, 0.1) is 5.82 Å². The first kappa shape index (κ1) is 28.8. The van der Waals surface area contributed by atoms with Gasteiger partial charge in [0.1, 0.15) is 11.5 Å². The summed E-state index contributed by atoms with van der Waals surface area (Å²) < 4.78 is 68.3. The van der Waals surface area contributed by atoms with Crippen LogP contribution >= 0.6 is 0 Å². The van der Waals surface area contributed by atoms with E-state index in [0.29, 0.717) is 30.3 Å². The van der Waals surface area contributed by atoms with Gasteiger partial charge in [0.25, 0.3) is 0 Å². The predicted molar refractivity (Wildman–Crippen MR) is 160 cm³/mol. The molecule has 0 saturated carbocycles. The van der Waals surface area contributed by atoms with E-state index in [4.69, 9.17) is 0 Å². The number of hydrogen-bond donors (Lipinski definition) is 0. The molecule has 0 unspecified atom stereocenters. The van der Waals surface area contributed by atoms with E-state index < -0.39 is 34.9 Å². The van der Waals surface area contributed by atoms with Crippen LogP contribution in [0.25, 0.3) is 22.0 Å². The molecule has 0 atom stereocenters. The number of fused-ring (bicyclic) bond motifs is 1. The van der Waals surface area contributed by atoms with Crippen LogP contribution in [0.2, 0.25) is 0 Å². The molecule has 7 nitrogen and oxygen atoms in total. The number of aryl methyl sites for hydroxylation is 1. The third-order valence-corrected chi connectivity index (χ3v) is 9.02. The Labute approximate surface area is 247 Å². The first-order chi connectivity index (χ1) is 20.6. The van der Waals surface area contributed by atoms with Crippen molar-refractivity contribution in [2.75, 3.05) is 29.5 Å². The molecule has 2 aliphatic heterocycles. The fourth-order valence-corrected chi connectivity index (χ4v) is 6.31. The molecule has 6 rings (SSSR count). The van der Waals surface area contributed by atoms with E-state index in [2.05, 4.69) is 16.3 Å². The fraction of sp³-hybridized carbons (Fsp3) is 0.258. The van der Waals surface area contributed by atoms with Crippen LogP contribution in [0.1, 0.15) is 17.5 Å². The number of amides is 2. The highest BCUT2D eigenvalue weighted by atomic mass is 32.2. The predicted octanol–water partition coefficient (Wildman–Crippen LogP) is 6.29. The molecule has 2 amide bonds. The zero-order valence-corrected chi connectivity index (χ0v) is 24.0. The number of urea groups is 1. The summed E-state index contributed by atoms with van der Waals surface area (Å²) in [5.74, 6) is 0.0624. The van der Waals surface area contributed by atoms with Crippen molar-refractivity contribution in [3.8, 4) is 11.1 Å². The van der Waals surface area contributed by atoms with Crippen molar-refractivity contribution in [3.05, 3.63) is 89.9 Å². The minimum absolute atomic E-state index is 0.0244. The van der Waals surface area contributed by atoms with E-state index in [-0.39, 0.29) is 29.4 Å². The number of anilines is 1. The van der Waals surface area contributed by atoms with Crippen molar-refractivity contribution in [1.82, 2.24) is 9.47 Å². The van der Waals surface area contributed by atoms with Gasteiger partial charge in [0.2, 0.25) is 0 Å². The van der Waals surface area contributed by atoms with Crippen molar-refractivity contribution in [2.24, 2.45) is 17.3 Å². The molecule has 1 saturated heterocycles. The molecule has 2 aliphatic rings. The SMILES string of the molecule is Cn1ccc2cc(-c3ccc(N(Cc4ccc(C5=NN=C(C(F)(F)F)C5)cc4F)C(=O)N4CCS(=O)CC4)cc3)ccc21. The average molecular weight is 610 g/mol. The molecule has 1 aromatic heterocycles. The molecule has 43 heavy (non-hydrogen) atoms. The van der Waals surface area contributed by atoms with Gasteiger partial charge in [-0.3, -0.25) is 9.11 Å². The molecule has 4 aromatic rings. The summed E-state index contributed by atoms with van der Waals surface area (Å²) in [6.07, 6.45) is -3.14. The van der Waals surface area contributed by atoms with Crippen molar-refractivity contribution in [3.63, 3.8) is 0 Å². The van der Waals surface area contributed by atoms with Gasteiger partial charge in [0.05, 0.1) is 12.3 Å². The number of halogens is 4. The number of alkyl halides is 3. The number of carbonyl (C=O) groups is 1. The molecular formula is C31H27F4N5O2S. The van der Waals surface area contributed by atoms with Gasteiger partial charge in [-0.2, -0.15) is 18.3 Å². The number of benzene rings is 3. The second-order valence-electron chi connectivity index (χ2n) is 10.5. The standard InChI is InChI=1S/C31H27F4N5O2S/c1-38-11-10-23-16-21(6-9-28(23)38)20-4-7-25(8-5-20)40(30(41)39-12-14-43(42)15-13-39)19-24-3-2-22(17-26(24)32)27-18-29(37-36-27)31(33,34)35/h2-11,16-17H,12-15,18-19H2,1H3. The summed E-state index contributed by atoms with van der Waals surface area (Å²) in [7, 11) is 0.999. The third kappa shape index (κ3) is 5.96. The normalized spacial score (nSPS) is 16.0. The summed E-state index contributed by atoms with van der Waals surface area (Å²) >= 11 is 0. The Morgan fingerprint density at radius 1 is 0.930 bits per heavy atom. The van der Waals surface area contributed by atoms with Gasteiger partial charge in [-0.15, -0.1) is 5.10 Å². The molecule has 0 bridgehead atoms. The highest BCUT2D eigenvalue weighted by Gasteiger charge is 2.39. The Hall–Kier alpha value is -4.32. The second kappa shape index (κ2) is 11.4. The van der Waals surface area contributed by atoms with Gasteiger partial charge in [-0.25, -0.2) is 9.18 Å². The molecule has 12 heteroatoms. The molecule has 0 N–H and O–H groups in total. The van der Waals surface area contributed by atoms with Crippen LogP contribution in [0.5, 0.6) is 0 Å². The summed E-state index contributed by atoms with van der Waals surface area (Å²) in [5, 5.41) is 7.91. The lowest BCUT2D eigenvalue weighted by molar-refractivity contribution is -0.0596. The fourth-order valence-electron chi connectivity index (χ4n) is 5.26. The van der Waals surface area contributed by atoms with Crippen LogP contribution < -0.4 is 4.90 Å². The largest absolute Gasteiger partial charge is 0.431 e. The summed E-state index contributed by atoms with van der Waals surface area (Å²) in [6.45, 7) is 0.524. The van der Waals surface area contributed by atoms with Gasteiger partial charge in [0, 0.05) is 82.8 Å². The quantitative estimate of drug-likeness (QED) is 0.250. The first-order valence-electron chi connectivity index (χ1n) is 13.6. The first-order valence-corrected chi connectivity index (χ1v) is 15.1. The van der Waals surface area contributed by atoms with Crippen LogP contribution in [0.3, 0.4) is 0 Å². The van der Waals surface area contributed by atoms with Crippen molar-refractivity contribution < 1.29 is 26.6 Å². The molecule has 3 heterocycles. The Kier molecular flexibility index (Phi) is 7.63. The van der Waals surface area contributed by atoms with E-state index in [0.717, 1.165) is 28.1 Å². The molecule has 222 valence electrons. The zero-order chi connectivity index (χ0) is 30.3. The lowest BCUT2D eigenvalue weighted by Crippen LogP contribution is -2.48. The zero-order valence-electron chi connectivity index (χ0n) is 23.1. The smallest absolute Gasteiger partial charge is 0.351 e. The van der Waals surface area contributed by atoms with E-state index >= 15 is 4.39 Å². The molecule has 3 aromatic carbocycles. The molecule has 0 radical (unpaired) electrons. The van der Waals surface area contributed by atoms with Crippen LogP contribution in [0.15, 0.2) is 83.1 Å². The Balaban J connectivity index is 1.26. The van der Waals surface area contributed by atoms with E-state index in [1.165, 1.54) is 17.0 Å². The summed E-state index contributed by atoms with van der Waals surface area (Å²) in [6, 6.07) is 19.4. The van der Waals surface area contributed by atoms with Crippen molar-refractivity contribution in [2.45, 2.75) is 19.1 Å². The average Bonchev–Trinajstić information content (AvgIpc) is 3.64. The van der Waals surface area contributed by atoms with E-state index in [1.807, 2.05) is 48.1 Å². The Morgan fingerprint density at radius 3 is 2.30 bits per heavy atom. The summed E-state index contributed by atoms with van der Waals surface area (Å²) in [4.78, 5) is 16.8. The van der Waals surface area contributed by atoms with E-state index in [1.54, 1.807) is 17.0 Å². The highest BCUT2D eigenvalue weighted by molar-refractivity contribution is 7.85. The maximum absolute atomic E-state index is 15.4. The van der Waals surface area contributed by atoms with Crippen LogP contribution in [0.4, 0.5) is 28.0 Å². The van der Waals surface area contributed by atoms with Gasteiger partial charge in [-0.05, 0) is 47.5 Å².